The average Bonchev–Trinajstić information content (AvgIpc) is 2.40. The molecule has 0 aliphatic carbocycles. The van der Waals surface area contributed by atoms with Gasteiger partial charge in [-0.1, -0.05) is 0 Å². The highest BCUT2D eigenvalue weighted by Gasteiger charge is 2.14. The molecule has 0 unspecified atom stereocenters. The van der Waals surface area contributed by atoms with Crippen molar-refractivity contribution in [3.63, 3.8) is 0 Å². The van der Waals surface area contributed by atoms with E-state index in [0.29, 0.717) is 0 Å². The standard InChI is InChI=1S/C13H19FN2S2/c1-17-8-9-18-11-2-3-13(12(14)10-11)16-6-4-15-5-7-16/h2-3,10,15H,4-9H2,1H3. The van der Waals surface area contributed by atoms with Crippen LogP contribution in [0.1, 0.15) is 0 Å². The van der Waals surface area contributed by atoms with Crippen LogP contribution in [0, 0.1) is 5.82 Å². The maximum atomic E-state index is 14.1. The van der Waals surface area contributed by atoms with Crippen LogP contribution < -0.4 is 10.2 Å². The van der Waals surface area contributed by atoms with Crippen molar-refractivity contribution in [3.8, 4) is 0 Å². The fraction of sp³-hybridized carbons (Fsp3) is 0.538. The second-order valence-corrected chi connectivity index (χ2v) is 6.35. The Kier molecular flexibility index (Phi) is 5.66. The molecule has 18 heavy (non-hydrogen) atoms. The predicted octanol–water partition coefficient (Wildman–Crippen LogP) is 2.69. The molecule has 100 valence electrons. The van der Waals surface area contributed by atoms with Gasteiger partial charge in [0, 0.05) is 42.6 Å². The van der Waals surface area contributed by atoms with Crippen molar-refractivity contribution in [1.82, 2.24) is 5.32 Å². The third-order valence-corrected chi connectivity index (χ3v) is 4.80. The average molecular weight is 286 g/mol. The molecule has 0 saturated carbocycles. The molecule has 1 saturated heterocycles. The van der Waals surface area contributed by atoms with Crippen molar-refractivity contribution in [1.29, 1.82) is 0 Å². The van der Waals surface area contributed by atoms with Crippen LogP contribution in [-0.2, 0) is 0 Å². The Morgan fingerprint density at radius 2 is 2.06 bits per heavy atom. The summed E-state index contributed by atoms with van der Waals surface area (Å²) in [6.07, 6.45) is 2.09. The molecule has 0 bridgehead atoms. The lowest BCUT2D eigenvalue weighted by atomic mass is 10.2. The van der Waals surface area contributed by atoms with Crippen LogP contribution >= 0.6 is 23.5 Å². The topological polar surface area (TPSA) is 15.3 Å². The Bertz CT molecular complexity index is 381. The van der Waals surface area contributed by atoms with Gasteiger partial charge in [-0.15, -0.1) is 11.8 Å². The Morgan fingerprint density at radius 1 is 1.28 bits per heavy atom. The van der Waals surface area contributed by atoms with Crippen molar-refractivity contribution < 1.29 is 4.39 Å². The van der Waals surface area contributed by atoms with E-state index in [1.165, 1.54) is 0 Å². The quantitative estimate of drug-likeness (QED) is 0.661. The van der Waals surface area contributed by atoms with Gasteiger partial charge >= 0.3 is 0 Å². The zero-order chi connectivity index (χ0) is 12.8. The van der Waals surface area contributed by atoms with Crippen molar-refractivity contribution in [3.05, 3.63) is 24.0 Å². The van der Waals surface area contributed by atoms with Crippen LogP contribution in [0.2, 0.25) is 0 Å². The first kappa shape index (κ1) is 14.0. The minimum atomic E-state index is -0.0916. The number of halogens is 1. The highest BCUT2D eigenvalue weighted by Crippen LogP contribution is 2.26. The Morgan fingerprint density at radius 3 is 2.72 bits per heavy atom. The molecule has 1 fully saturated rings. The molecular weight excluding hydrogens is 267 g/mol. The number of hydrogen-bond donors (Lipinski definition) is 1. The third kappa shape index (κ3) is 3.80. The number of piperazine rings is 1. The minimum Gasteiger partial charge on any atom is -0.367 e. The number of anilines is 1. The first-order valence-corrected chi connectivity index (χ1v) is 8.56. The lowest BCUT2D eigenvalue weighted by Gasteiger charge is -2.29. The molecule has 0 radical (unpaired) electrons. The normalized spacial score (nSPS) is 16.0. The minimum absolute atomic E-state index is 0.0916. The monoisotopic (exact) mass is 286 g/mol. The number of rotatable bonds is 5. The maximum Gasteiger partial charge on any atom is 0.147 e. The SMILES string of the molecule is CSCCSc1ccc(N2CCNCC2)c(F)c1. The molecule has 0 amide bonds. The van der Waals surface area contributed by atoms with E-state index in [0.717, 1.165) is 48.3 Å². The Labute approximate surface area is 117 Å². The smallest absolute Gasteiger partial charge is 0.147 e. The van der Waals surface area contributed by atoms with Gasteiger partial charge in [-0.05, 0) is 24.5 Å². The summed E-state index contributed by atoms with van der Waals surface area (Å²) >= 11 is 3.54. The van der Waals surface area contributed by atoms with E-state index in [2.05, 4.69) is 16.5 Å². The summed E-state index contributed by atoms with van der Waals surface area (Å²) < 4.78 is 14.1. The van der Waals surface area contributed by atoms with Crippen molar-refractivity contribution in [2.45, 2.75) is 4.90 Å². The molecule has 2 rings (SSSR count). The molecule has 0 aromatic heterocycles. The molecule has 1 N–H and O–H groups in total. The van der Waals surface area contributed by atoms with Gasteiger partial charge in [0.15, 0.2) is 0 Å². The predicted molar refractivity (Wildman–Crippen MR) is 80.6 cm³/mol. The molecule has 1 aliphatic heterocycles. The number of nitrogens with one attached hydrogen (secondary N) is 1. The largest absolute Gasteiger partial charge is 0.367 e. The molecule has 1 aromatic rings. The van der Waals surface area contributed by atoms with E-state index in [1.807, 2.05) is 23.9 Å². The van der Waals surface area contributed by atoms with Gasteiger partial charge in [-0.3, -0.25) is 0 Å². The molecule has 1 aromatic carbocycles. The van der Waals surface area contributed by atoms with E-state index in [4.69, 9.17) is 0 Å². The zero-order valence-electron chi connectivity index (χ0n) is 10.6. The lowest BCUT2D eigenvalue weighted by Crippen LogP contribution is -2.43. The molecule has 0 spiro atoms. The van der Waals surface area contributed by atoms with Crippen molar-refractivity contribution in [2.24, 2.45) is 0 Å². The van der Waals surface area contributed by atoms with Gasteiger partial charge in [-0.25, -0.2) is 4.39 Å². The number of thioether (sulfide) groups is 2. The van der Waals surface area contributed by atoms with Gasteiger partial charge in [0.1, 0.15) is 5.82 Å². The number of benzene rings is 1. The molecule has 1 heterocycles. The summed E-state index contributed by atoms with van der Waals surface area (Å²) in [6, 6.07) is 5.62. The summed E-state index contributed by atoms with van der Waals surface area (Å²) in [5.41, 5.74) is 0.741. The summed E-state index contributed by atoms with van der Waals surface area (Å²) in [5.74, 6) is 2.05. The zero-order valence-corrected chi connectivity index (χ0v) is 12.2. The fourth-order valence-electron chi connectivity index (χ4n) is 1.98. The Hall–Kier alpha value is -0.390. The van der Waals surface area contributed by atoms with Crippen LogP contribution in [-0.4, -0.2) is 43.9 Å². The van der Waals surface area contributed by atoms with Gasteiger partial charge in [0.05, 0.1) is 5.69 Å². The molecular formula is C13H19FN2S2. The van der Waals surface area contributed by atoms with Crippen LogP contribution in [0.15, 0.2) is 23.1 Å². The first-order valence-electron chi connectivity index (χ1n) is 6.18. The van der Waals surface area contributed by atoms with Gasteiger partial charge in [0.2, 0.25) is 0 Å². The van der Waals surface area contributed by atoms with Crippen molar-refractivity contribution in [2.75, 3.05) is 48.8 Å². The highest BCUT2D eigenvalue weighted by atomic mass is 32.2. The molecule has 0 atom stereocenters. The summed E-state index contributed by atoms with van der Waals surface area (Å²) in [6.45, 7) is 3.64. The maximum absolute atomic E-state index is 14.1. The second kappa shape index (κ2) is 7.26. The van der Waals surface area contributed by atoms with Crippen LogP contribution in [0.4, 0.5) is 10.1 Å². The van der Waals surface area contributed by atoms with E-state index in [9.17, 15) is 4.39 Å². The number of hydrogen-bond acceptors (Lipinski definition) is 4. The first-order chi connectivity index (χ1) is 8.81. The lowest BCUT2D eigenvalue weighted by molar-refractivity contribution is 0.565. The molecule has 2 nitrogen and oxygen atoms in total. The summed E-state index contributed by atoms with van der Waals surface area (Å²) in [7, 11) is 0. The van der Waals surface area contributed by atoms with Crippen LogP contribution in [0.25, 0.3) is 0 Å². The fourth-order valence-corrected chi connectivity index (χ4v) is 3.57. The third-order valence-electron chi connectivity index (χ3n) is 2.93. The molecule has 1 aliphatic rings. The van der Waals surface area contributed by atoms with E-state index in [-0.39, 0.29) is 5.82 Å². The summed E-state index contributed by atoms with van der Waals surface area (Å²) in [4.78, 5) is 3.14. The Balaban J connectivity index is 2.00. The van der Waals surface area contributed by atoms with Gasteiger partial charge in [-0.2, -0.15) is 11.8 Å². The highest BCUT2D eigenvalue weighted by molar-refractivity contribution is 8.02. The second-order valence-electron chi connectivity index (χ2n) is 4.19. The van der Waals surface area contributed by atoms with Crippen LogP contribution in [0.3, 0.4) is 0 Å². The van der Waals surface area contributed by atoms with Gasteiger partial charge in [0.25, 0.3) is 0 Å². The summed E-state index contributed by atoms with van der Waals surface area (Å²) in [5, 5.41) is 3.28. The van der Waals surface area contributed by atoms with Crippen LogP contribution in [0.5, 0.6) is 0 Å². The van der Waals surface area contributed by atoms with E-state index < -0.39 is 0 Å². The number of nitrogens with zero attached hydrogens (tertiary/aromatic N) is 1. The van der Waals surface area contributed by atoms with E-state index in [1.54, 1.807) is 17.8 Å². The van der Waals surface area contributed by atoms with E-state index >= 15 is 0 Å². The molecule has 5 heteroatoms. The van der Waals surface area contributed by atoms with Gasteiger partial charge < -0.3 is 10.2 Å². The van der Waals surface area contributed by atoms with Crippen molar-refractivity contribution >= 4 is 29.2 Å².